The molecule has 6 nitrogen and oxygen atoms in total. The SMILES string of the molecule is CN(C)CCNC(=O)c1ccc(Sc2cccc(Cl)c2)c([N+](=O)[O-])c1. The molecule has 0 fully saturated rings. The minimum atomic E-state index is -0.483. The van der Waals surface area contributed by atoms with Crippen LogP contribution in [0.25, 0.3) is 0 Å². The fraction of sp³-hybridized carbons (Fsp3) is 0.235. The van der Waals surface area contributed by atoms with Gasteiger partial charge >= 0.3 is 0 Å². The lowest BCUT2D eigenvalue weighted by Gasteiger charge is -2.11. The summed E-state index contributed by atoms with van der Waals surface area (Å²) in [6.45, 7) is 1.16. The first-order valence-corrected chi connectivity index (χ1v) is 8.71. The van der Waals surface area contributed by atoms with E-state index >= 15 is 0 Å². The largest absolute Gasteiger partial charge is 0.351 e. The summed E-state index contributed by atoms with van der Waals surface area (Å²) in [5, 5.41) is 14.7. The number of nitro benzene ring substituents is 1. The zero-order valence-corrected chi connectivity index (χ0v) is 15.4. The molecule has 0 aliphatic heterocycles. The maximum Gasteiger partial charge on any atom is 0.284 e. The first-order chi connectivity index (χ1) is 11.9. The average Bonchev–Trinajstić information content (AvgIpc) is 2.54. The lowest BCUT2D eigenvalue weighted by atomic mass is 10.2. The van der Waals surface area contributed by atoms with Crippen molar-refractivity contribution in [2.24, 2.45) is 0 Å². The van der Waals surface area contributed by atoms with E-state index in [9.17, 15) is 14.9 Å². The van der Waals surface area contributed by atoms with Crippen LogP contribution in [0.15, 0.2) is 52.3 Å². The fourth-order valence-corrected chi connectivity index (χ4v) is 3.26. The molecule has 8 heteroatoms. The molecular formula is C17H18ClN3O3S. The second kappa shape index (κ2) is 8.84. The molecule has 1 N–H and O–H groups in total. The highest BCUT2D eigenvalue weighted by Crippen LogP contribution is 2.36. The molecule has 0 saturated heterocycles. The summed E-state index contributed by atoms with van der Waals surface area (Å²) < 4.78 is 0. The summed E-state index contributed by atoms with van der Waals surface area (Å²) in [6.07, 6.45) is 0. The number of amides is 1. The summed E-state index contributed by atoms with van der Waals surface area (Å²) in [6, 6.07) is 11.6. The van der Waals surface area contributed by atoms with Crippen molar-refractivity contribution >= 4 is 35.0 Å². The number of hydrogen-bond acceptors (Lipinski definition) is 5. The predicted octanol–water partition coefficient (Wildman–Crippen LogP) is 3.69. The van der Waals surface area contributed by atoms with Gasteiger partial charge in [-0.1, -0.05) is 29.4 Å². The Labute approximate surface area is 155 Å². The van der Waals surface area contributed by atoms with Gasteiger partial charge in [-0.2, -0.15) is 0 Å². The predicted molar refractivity (Wildman–Crippen MR) is 99.6 cm³/mol. The first kappa shape index (κ1) is 19.2. The number of nitro groups is 1. The fourth-order valence-electron chi connectivity index (χ4n) is 2.04. The van der Waals surface area contributed by atoms with Crippen molar-refractivity contribution in [3.8, 4) is 0 Å². The Hall–Kier alpha value is -2.09. The molecule has 0 aliphatic rings. The van der Waals surface area contributed by atoms with E-state index < -0.39 is 4.92 Å². The number of carbonyl (C=O) groups is 1. The molecule has 0 unspecified atom stereocenters. The number of nitrogens with zero attached hydrogens (tertiary/aromatic N) is 2. The van der Waals surface area contributed by atoms with E-state index in [0.29, 0.717) is 23.0 Å². The highest BCUT2D eigenvalue weighted by molar-refractivity contribution is 7.99. The second-order valence-corrected chi connectivity index (χ2v) is 7.11. The van der Waals surface area contributed by atoms with Crippen LogP contribution >= 0.6 is 23.4 Å². The molecule has 2 aromatic rings. The van der Waals surface area contributed by atoms with Crippen LogP contribution in [0, 0.1) is 10.1 Å². The van der Waals surface area contributed by atoms with E-state index in [2.05, 4.69) is 5.32 Å². The van der Waals surface area contributed by atoms with Crippen LogP contribution in [0.5, 0.6) is 0 Å². The number of halogens is 1. The summed E-state index contributed by atoms with van der Waals surface area (Å²) in [4.78, 5) is 26.2. The first-order valence-electron chi connectivity index (χ1n) is 7.51. The third kappa shape index (κ3) is 5.74. The highest BCUT2D eigenvalue weighted by atomic mass is 35.5. The van der Waals surface area contributed by atoms with E-state index in [4.69, 9.17) is 11.6 Å². The molecule has 2 rings (SSSR count). The van der Waals surface area contributed by atoms with E-state index in [1.807, 2.05) is 25.1 Å². The molecule has 0 aromatic heterocycles. The Morgan fingerprint density at radius 3 is 2.68 bits per heavy atom. The van der Waals surface area contributed by atoms with Crippen LogP contribution in [-0.2, 0) is 0 Å². The van der Waals surface area contributed by atoms with E-state index in [1.54, 1.807) is 30.3 Å². The topological polar surface area (TPSA) is 75.5 Å². The summed E-state index contributed by atoms with van der Waals surface area (Å²) in [5.74, 6) is -0.329. The Morgan fingerprint density at radius 2 is 2.04 bits per heavy atom. The zero-order valence-electron chi connectivity index (χ0n) is 13.9. The quantitative estimate of drug-likeness (QED) is 0.586. The van der Waals surface area contributed by atoms with Crippen LogP contribution in [0.1, 0.15) is 10.4 Å². The minimum absolute atomic E-state index is 0.106. The maximum atomic E-state index is 12.1. The van der Waals surface area contributed by atoms with Crippen molar-refractivity contribution in [1.29, 1.82) is 0 Å². The van der Waals surface area contributed by atoms with Gasteiger partial charge in [0.1, 0.15) is 0 Å². The van der Waals surface area contributed by atoms with Crippen molar-refractivity contribution in [3.05, 3.63) is 63.2 Å². The molecule has 0 saturated carbocycles. The molecule has 25 heavy (non-hydrogen) atoms. The van der Waals surface area contributed by atoms with Gasteiger partial charge in [0, 0.05) is 34.6 Å². The average molecular weight is 380 g/mol. The molecule has 0 radical (unpaired) electrons. The van der Waals surface area contributed by atoms with Crippen molar-refractivity contribution in [3.63, 3.8) is 0 Å². The van der Waals surface area contributed by atoms with Crippen molar-refractivity contribution in [2.75, 3.05) is 27.2 Å². The summed E-state index contributed by atoms with van der Waals surface area (Å²) in [5.41, 5.74) is 0.158. The lowest BCUT2D eigenvalue weighted by molar-refractivity contribution is -0.387. The Bertz CT molecular complexity index is 783. The lowest BCUT2D eigenvalue weighted by Crippen LogP contribution is -2.31. The van der Waals surface area contributed by atoms with Crippen LogP contribution in [0.2, 0.25) is 5.02 Å². The number of hydrogen-bond donors (Lipinski definition) is 1. The molecule has 0 atom stereocenters. The molecule has 0 heterocycles. The normalized spacial score (nSPS) is 10.7. The number of nitrogens with one attached hydrogen (secondary N) is 1. The Morgan fingerprint density at radius 1 is 1.28 bits per heavy atom. The van der Waals surface area contributed by atoms with Gasteiger partial charge in [-0.3, -0.25) is 14.9 Å². The number of benzene rings is 2. The smallest absolute Gasteiger partial charge is 0.284 e. The van der Waals surface area contributed by atoms with Crippen LogP contribution < -0.4 is 5.32 Å². The van der Waals surface area contributed by atoms with Crippen molar-refractivity contribution in [2.45, 2.75) is 9.79 Å². The van der Waals surface area contributed by atoms with Gasteiger partial charge in [0.15, 0.2) is 0 Å². The summed E-state index contributed by atoms with van der Waals surface area (Å²) >= 11 is 7.18. The van der Waals surface area contributed by atoms with Gasteiger partial charge in [0.25, 0.3) is 11.6 Å². The second-order valence-electron chi connectivity index (χ2n) is 5.56. The van der Waals surface area contributed by atoms with E-state index in [0.717, 1.165) is 4.90 Å². The van der Waals surface area contributed by atoms with Crippen LogP contribution in [-0.4, -0.2) is 42.9 Å². The van der Waals surface area contributed by atoms with Crippen LogP contribution in [0.4, 0.5) is 5.69 Å². The number of carbonyl (C=O) groups excluding carboxylic acids is 1. The van der Waals surface area contributed by atoms with Gasteiger partial charge in [0.2, 0.25) is 0 Å². The Balaban J connectivity index is 2.19. The minimum Gasteiger partial charge on any atom is -0.351 e. The van der Waals surface area contributed by atoms with E-state index in [1.165, 1.54) is 17.8 Å². The maximum absolute atomic E-state index is 12.1. The summed E-state index contributed by atoms with van der Waals surface area (Å²) in [7, 11) is 3.80. The third-order valence-electron chi connectivity index (χ3n) is 3.29. The Kier molecular flexibility index (Phi) is 6.81. The van der Waals surface area contributed by atoms with Crippen molar-refractivity contribution in [1.82, 2.24) is 10.2 Å². The molecule has 0 bridgehead atoms. The van der Waals surface area contributed by atoms with E-state index in [-0.39, 0.29) is 17.2 Å². The standard InChI is InChI=1S/C17H18ClN3O3S/c1-20(2)9-8-19-17(22)12-6-7-16(15(10-12)21(23)24)25-14-5-3-4-13(18)11-14/h3-7,10-11H,8-9H2,1-2H3,(H,19,22). The number of rotatable bonds is 7. The monoisotopic (exact) mass is 379 g/mol. The molecule has 2 aromatic carbocycles. The zero-order chi connectivity index (χ0) is 18.4. The molecule has 132 valence electrons. The molecule has 1 amide bonds. The van der Waals surface area contributed by atoms with Crippen molar-refractivity contribution < 1.29 is 9.72 Å². The van der Waals surface area contributed by atoms with Gasteiger partial charge < -0.3 is 10.2 Å². The van der Waals surface area contributed by atoms with Gasteiger partial charge in [-0.05, 0) is 44.4 Å². The molecule has 0 spiro atoms. The van der Waals surface area contributed by atoms with Gasteiger partial charge in [0.05, 0.1) is 9.82 Å². The van der Waals surface area contributed by atoms with Gasteiger partial charge in [-0.15, -0.1) is 0 Å². The van der Waals surface area contributed by atoms with Crippen LogP contribution in [0.3, 0.4) is 0 Å². The molecular weight excluding hydrogens is 362 g/mol. The van der Waals surface area contributed by atoms with Gasteiger partial charge in [-0.25, -0.2) is 0 Å². The molecule has 0 aliphatic carbocycles. The third-order valence-corrected chi connectivity index (χ3v) is 4.58. The number of likely N-dealkylation sites (N-methyl/N-ethyl adjacent to an activating group) is 1. The highest BCUT2D eigenvalue weighted by Gasteiger charge is 2.18.